The number of carboxylic acid groups (broad SMARTS) is 1. The SMILES string of the molecule is O=C(O)CCc1n[nH]c(=S)cc1-c1ncccn1. The van der Waals surface area contributed by atoms with Crippen molar-refractivity contribution in [3.05, 3.63) is 34.9 Å². The quantitative estimate of drug-likeness (QED) is 0.813. The Kier molecular flexibility index (Phi) is 3.73. The van der Waals surface area contributed by atoms with E-state index in [1.807, 2.05) is 0 Å². The molecule has 92 valence electrons. The number of hydrogen-bond donors (Lipinski definition) is 2. The molecule has 0 saturated carbocycles. The third-order valence-electron chi connectivity index (χ3n) is 2.27. The van der Waals surface area contributed by atoms with E-state index in [0.29, 0.717) is 28.1 Å². The fraction of sp³-hybridized carbons (Fsp3) is 0.182. The molecular weight excluding hydrogens is 252 g/mol. The standard InChI is InChI=1S/C11H10N4O2S/c16-10(17)3-2-8-7(6-9(18)15-14-8)11-12-4-1-5-13-11/h1,4-6H,2-3H2,(H,15,18)(H,16,17). The third kappa shape index (κ3) is 2.95. The Morgan fingerprint density at radius 1 is 1.39 bits per heavy atom. The van der Waals surface area contributed by atoms with Gasteiger partial charge in [-0.1, -0.05) is 12.2 Å². The molecule has 0 saturated heterocycles. The molecule has 0 fully saturated rings. The molecule has 0 radical (unpaired) electrons. The Balaban J connectivity index is 2.41. The molecule has 0 bridgehead atoms. The number of aromatic amines is 1. The summed E-state index contributed by atoms with van der Waals surface area (Å²) in [7, 11) is 0. The van der Waals surface area contributed by atoms with Crippen molar-refractivity contribution >= 4 is 18.2 Å². The molecule has 7 heteroatoms. The number of nitrogens with zero attached hydrogens (tertiary/aromatic N) is 3. The Labute approximate surface area is 108 Å². The second-order valence-electron chi connectivity index (χ2n) is 3.56. The summed E-state index contributed by atoms with van der Waals surface area (Å²) in [6.07, 6.45) is 3.53. The molecular formula is C11H10N4O2S. The van der Waals surface area contributed by atoms with Crippen LogP contribution in [0.15, 0.2) is 24.5 Å². The number of carbonyl (C=O) groups is 1. The average molecular weight is 262 g/mol. The highest BCUT2D eigenvalue weighted by atomic mass is 32.1. The van der Waals surface area contributed by atoms with Crippen LogP contribution in [0.4, 0.5) is 0 Å². The van der Waals surface area contributed by atoms with E-state index in [4.69, 9.17) is 17.3 Å². The van der Waals surface area contributed by atoms with Crippen LogP contribution in [0.2, 0.25) is 0 Å². The second-order valence-corrected chi connectivity index (χ2v) is 4.00. The van der Waals surface area contributed by atoms with Gasteiger partial charge in [-0.05, 0) is 12.1 Å². The largest absolute Gasteiger partial charge is 0.481 e. The fourth-order valence-electron chi connectivity index (χ4n) is 1.48. The Bertz CT molecular complexity index is 612. The molecule has 0 spiro atoms. The van der Waals surface area contributed by atoms with Crippen LogP contribution in [0.5, 0.6) is 0 Å². The van der Waals surface area contributed by atoms with Crippen LogP contribution in [-0.2, 0) is 11.2 Å². The molecule has 0 amide bonds. The van der Waals surface area contributed by atoms with E-state index in [1.54, 1.807) is 24.5 Å². The average Bonchev–Trinajstić information content (AvgIpc) is 2.38. The summed E-state index contributed by atoms with van der Waals surface area (Å²) in [5.74, 6) is -0.385. The molecule has 6 nitrogen and oxygen atoms in total. The molecule has 0 atom stereocenters. The number of rotatable bonds is 4. The van der Waals surface area contributed by atoms with Gasteiger partial charge >= 0.3 is 5.97 Å². The Morgan fingerprint density at radius 3 is 2.78 bits per heavy atom. The molecule has 2 rings (SSSR count). The van der Waals surface area contributed by atoms with Crippen molar-refractivity contribution in [1.29, 1.82) is 0 Å². The normalized spacial score (nSPS) is 10.2. The first-order valence-electron chi connectivity index (χ1n) is 5.24. The second kappa shape index (κ2) is 5.46. The van der Waals surface area contributed by atoms with Crippen LogP contribution in [0.3, 0.4) is 0 Å². The summed E-state index contributed by atoms with van der Waals surface area (Å²) in [4.78, 5) is 18.8. The van der Waals surface area contributed by atoms with Gasteiger partial charge in [-0.3, -0.25) is 9.89 Å². The van der Waals surface area contributed by atoms with Crippen LogP contribution in [0.25, 0.3) is 11.4 Å². The topological polar surface area (TPSA) is 91.8 Å². The van der Waals surface area contributed by atoms with Crippen molar-refractivity contribution in [2.24, 2.45) is 0 Å². The number of H-pyrrole nitrogens is 1. The van der Waals surface area contributed by atoms with Crippen molar-refractivity contribution in [2.75, 3.05) is 0 Å². The van der Waals surface area contributed by atoms with Gasteiger partial charge in [0.2, 0.25) is 0 Å². The number of hydrogen-bond acceptors (Lipinski definition) is 5. The fourth-order valence-corrected chi connectivity index (χ4v) is 1.64. The smallest absolute Gasteiger partial charge is 0.303 e. The minimum atomic E-state index is -0.876. The molecule has 2 aromatic rings. The van der Waals surface area contributed by atoms with Crippen molar-refractivity contribution in [2.45, 2.75) is 12.8 Å². The predicted octanol–water partition coefficient (Wildman–Crippen LogP) is 1.61. The molecule has 0 aliphatic carbocycles. The highest BCUT2D eigenvalue weighted by Crippen LogP contribution is 2.18. The predicted molar refractivity (Wildman–Crippen MR) is 66.4 cm³/mol. The van der Waals surface area contributed by atoms with E-state index >= 15 is 0 Å². The first-order chi connectivity index (χ1) is 8.66. The van der Waals surface area contributed by atoms with Gasteiger partial charge in [0.05, 0.1) is 12.1 Å². The number of carboxylic acids is 1. The molecule has 0 aromatic carbocycles. The van der Waals surface area contributed by atoms with E-state index in [-0.39, 0.29) is 6.42 Å². The van der Waals surface area contributed by atoms with Gasteiger partial charge in [0, 0.05) is 24.4 Å². The summed E-state index contributed by atoms with van der Waals surface area (Å²) < 4.78 is 0.455. The van der Waals surface area contributed by atoms with Crippen molar-refractivity contribution in [3.8, 4) is 11.4 Å². The third-order valence-corrected chi connectivity index (χ3v) is 2.48. The van der Waals surface area contributed by atoms with E-state index in [1.165, 1.54) is 0 Å². The maximum atomic E-state index is 10.6. The van der Waals surface area contributed by atoms with Crippen LogP contribution in [0, 0.1) is 4.64 Å². The molecule has 0 aliphatic heterocycles. The van der Waals surface area contributed by atoms with Gasteiger partial charge in [0.15, 0.2) is 5.82 Å². The number of aromatic nitrogens is 4. The summed E-state index contributed by atoms with van der Waals surface area (Å²) in [6, 6.07) is 3.40. The van der Waals surface area contributed by atoms with Gasteiger partial charge in [0.1, 0.15) is 4.64 Å². The van der Waals surface area contributed by atoms with Crippen LogP contribution >= 0.6 is 12.2 Å². The molecule has 0 unspecified atom stereocenters. The zero-order valence-corrected chi connectivity index (χ0v) is 10.1. The molecule has 2 heterocycles. The summed E-state index contributed by atoms with van der Waals surface area (Å²) >= 11 is 5.00. The lowest BCUT2D eigenvalue weighted by molar-refractivity contribution is -0.136. The zero-order valence-electron chi connectivity index (χ0n) is 9.33. The van der Waals surface area contributed by atoms with Gasteiger partial charge in [-0.2, -0.15) is 5.10 Å². The highest BCUT2D eigenvalue weighted by molar-refractivity contribution is 7.71. The van der Waals surface area contributed by atoms with E-state index in [2.05, 4.69) is 20.2 Å². The van der Waals surface area contributed by atoms with E-state index in [9.17, 15) is 4.79 Å². The first kappa shape index (κ1) is 12.3. The van der Waals surface area contributed by atoms with E-state index in [0.717, 1.165) is 0 Å². The van der Waals surface area contributed by atoms with Crippen LogP contribution in [0.1, 0.15) is 12.1 Å². The first-order valence-corrected chi connectivity index (χ1v) is 5.65. The lowest BCUT2D eigenvalue weighted by Gasteiger charge is -2.05. The minimum Gasteiger partial charge on any atom is -0.481 e. The van der Waals surface area contributed by atoms with Crippen LogP contribution in [-0.4, -0.2) is 31.2 Å². The zero-order chi connectivity index (χ0) is 13.0. The van der Waals surface area contributed by atoms with Crippen molar-refractivity contribution in [3.63, 3.8) is 0 Å². The monoisotopic (exact) mass is 262 g/mol. The minimum absolute atomic E-state index is 0.00253. The Morgan fingerprint density at radius 2 is 2.11 bits per heavy atom. The maximum Gasteiger partial charge on any atom is 0.303 e. The molecule has 0 aliphatic rings. The molecule has 2 aromatic heterocycles. The van der Waals surface area contributed by atoms with Crippen molar-refractivity contribution < 1.29 is 9.90 Å². The summed E-state index contributed by atoms with van der Waals surface area (Å²) in [6.45, 7) is 0. The summed E-state index contributed by atoms with van der Waals surface area (Å²) in [5, 5.41) is 15.4. The maximum absolute atomic E-state index is 10.6. The van der Waals surface area contributed by atoms with E-state index < -0.39 is 5.97 Å². The molecule has 2 N–H and O–H groups in total. The van der Waals surface area contributed by atoms with Gasteiger partial charge in [-0.25, -0.2) is 9.97 Å². The number of nitrogens with one attached hydrogen (secondary N) is 1. The van der Waals surface area contributed by atoms with Crippen molar-refractivity contribution in [1.82, 2.24) is 20.2 Å². The molecule has 18 heavy (non-hydrogen) atoms. The Hall–Kier alpha value is -2.15. The lowest BCUT2D eigenvalue weighted by atomic mass is 10.1. The number of aliphatic carboxylic acids is 1. The lowest BCUT2D eigenvalue weighted by Crippen LogP contribution is -2.04. The van der Waals surface area contributed by atoms with Crippen LogP contribution < -0.4 is 0 Å². The van der Waals surface area contributed by atoms with Gasteiger partial charge in [0.25, 0.3) is 0 Å². The highest BCUT2D eigenvalue weighted by Gasteiger charge is 2.10. The van der Waals surface area contributed by atoms with Gasteiger partial charge in [-0.15, -0.1) is 0 Å². The summed E-state index contributed by atoms with van der Waals surface area (Å²) in [5.41, 5.74) is 1.26. The van der Waals surface area contributed by atoms with Gasteiger partial charge < -0.3 is 5.11 Å². The number of aryl methyl sites for hydroxylation is 1.